The average Bonchev–Trinajstić information content (AvgIpc) is 2.93. The van der Waals surface area contributed by atoms with Crippen LogP contribution in [-0.4, -0.2) is 23.5 Å². The summed E-state index contributed by atoms with van der Waals surface area (Å²) in [5.41, 5.74) is 1.05. The van der Waals surface area contributed by atoms with Crippen molar-refractivity contribution in [1.82, 2.24) is 9.78 Å². The van der Waals surface area contributed by atoms with E-state index in [1.54, 1.807) is 7.11 Å². The number of ether oxygens (including phenoxy) is 1. The van der Waals surface area contributed by atoms with Gasteiger partial charge in [0.05, 0.1) is 25.0 Å². The van der Waals surface area contributed by atoms with Crippen LogP contribution < -0.4 is 5.32 Å². The molecular formula is C12H17N3OS. The Labute approximate surface area is 105 Å². The molecule has 0 unspecified atom stereocenters. The first-order chi connectivity index (χ1) is 8.28. The number of hydrogen-bond donors (Lipinski definition) is 1. The van der Waals surface area contributed by atoms with E-state index in [0.29, 0.717) is 6.61 Å². The van der Waals surface area contributed by atoms with Crippen molar-refractivity contribution in [3.8, 4) is 0 Å². The lowest BCUT2D eigenvalue weighted by molar-refractivity contribution is 0.183. The van der Waals surface area contributed by atoms with Crippen LogP contribution in [0.2, 0.25) is 0 Å². The Kier molecular flexibility index (Phi) is 4.17. The largest absolute Gasteiger partial charge is 0.383 e. The second-order valence-electron chi connectivity index (χ2n) is 3.85. The van der Waals surface area contributed by atoms with E-state index in [1.807, 2.05) is 28.4 Å². The molecule has 4 nitrogen and oxygen atoms in total. The van der Waals surface area contributed by atoms with Crippen molar-refractivity contribution in [1.29, 1.82) is 0 Å². The molecule has 2 aromatic heterocycles. The standard InChI is InChI=1S/C12H17N3OS/c1-10-3-4-12(17-10)8-13-11-7-14-15(9-11)5-6-16-2/h3-4,7,9,13H,5-6,8H2,1-2H3. The van der Waals surface area contributed by atoms with Crippen molar-refractivity contribution in [3.63, 3.8) is 0 Å². The molecule has 0 aromatic carbocycles. The van der Waals surface area contributed by atoms with E-state index >= 15 is 0 Å². The van der Waals surface area contributed by atoms with Crippen LogP contribution in [-0.2, 0) is 17.8 Å². The Morgan fingerprint density at radius 2 is 2.35 bits per heavy atom. The van der Waals surface area contributed by atoms with Gasteiger partial charge >= 0.3 is 0 Å². The van der Waals surface area contributed by atoms with E-state index in [4.69, 9.17) is 4.74 Å². The third kappa shape index (κ3) is 3.57. The van der Waals surface area contributed by atoms with Crippen LogP contribution in [0.1, 0.15) is 9.75 Å². The highest BCUT2D eigenvalue weighted by atomic mass is 32.1. The monoisotopic (exact) mass is 251 g/mol. The van der Waals surface area contributed by atoms with Crippen LogP contribution in [0.15, 0.2) is 24.5 Å². The summed E-state index contributed by atoms with van der Waals surface area (Å²) in [5, 5.41) is 7.61. The summed E-state index contributed by atoms with van der Waals surface area (Å²) in [6, 6.07) is 4.30. The fourth-order valence-corrected chi connectivity index (χ4v) is 2.36. The summed E-state index contributed by atoms with van der Waals surface area (Å²) < 4.78 is 6.89. The van der Waals surface area contributed by atoms with Crippen molar-refractivity contribution >= 4 is 17.0 Å². The van der Waals surface area contributed by atoms with Crippen LogP contribution in [0.3, 0.4) is 0 Å². The number of aryl methyl sites for hydroxylation is 1. The number of aromatic nitrogens is 2. The van der Waals surface area contributed by atoms with Gasteiger partial charge in [0.25, 0.3) is 0 Å². The molecule has 0 radical (unpaired) electrons. The zero-order valence-electron chi connectivity index (χ0n) is 10.1. The Hall–Kier alpha value is -1.33. The maximum Gasteiger partial charge on any atom is 0.0729 e. The minimum Gasteiger partial charge on any atom is -0.383 e. The minimum atomic E-state index is 0.686. The molecule has 92 valence electrons. The lowest BCUT2D eigenvalue weighted by Gasteiger charge is -2.01. The van der Waals surface area contributed by atoms with Gasteiger partial charge in [-0.2, -0.15) is 5.10 Å². The predicted octanol–water partition coefficient (Wildman–Crippen LogP) is 2.51. The number of hydrogen-bond acceptors (Lipinski definition) is 4. The topological polar surface area (TPSA) is 39.1 Å². The summed E-state index contributed by atoms with van der Waals surface area (Å²) in [7, 11) is 1.70. The molecule has 2 aromatic rings. The lowest BCUT2D eigenvalue weighted by Crippen LogP contribution is -2.04. The second-order valence-corrected chi connectivity index (χ2v) is 5.22. The number of anilines is 1. The molecule has 0 spiro atoms. The molecule has 2 heterocycles. The normalized spacial score (nSPS) is 10.7. The second kappa shape index (κ2) is 5.84. The molecule has 0 saturated heterocycles. The van der Waals surface area contributed by atoms with Crippen molar-refractivity contribution < 1.29 is 4.74 Å². The molecule has 0 aliphatic rings. The fraction of sp³-hybridized carbons (Fsp3) is 0.417. The van der Waals surface area contributed by atoms with E-state index in [9.17, 15) is 0 Å². The third-order valence-corrected chi connectivity index (χ3v) is 3.42. The van der Waals surface area contributed by atoms with Crippen molar-refractivity contribution in [3.05, 3.63) is 34.3 Å². The first-order valence-electron chi connectivity index (χ1n) is 5.58. The van der Waals surface area contributed by atoms with Gasteiger partial charge in [0.15, 0.2) is 0 Å². The van der Waals surface area contributed by atoms with Crippen LogP contribution in [0, 0.1) is 6.92 Å². The first-order valence-corrected chi connectivity index (χ1v) is 6.40. The first kappa shape index (κ1) is 12.1. The molecule has 1 N–H and O–H groups in total. The van der Waals surface area contributed by atoms with Gasteiger partial charge in [0, 0.05) is 29.6 Å². The van der Waals surface area contributed by atoms with Gasteiger partial charge in [0.1, 0.15) is 0 Å². The van der Waals surface area contributed by atoms with Gasteiger partial charge in [-0.05, 0) is 19.1 Å². The van der Waals surface area contributed by atoms with E-state index < -0.39 is 0 Å². The molecule has 17 heavy (non-hydrogen) atoms. The van der Waals surface area contributed by atoms with Gasteiger partial charge < -0.3 is 10.1 Å². The molecule has 0 atom stereocenters. The Morgan fingerprint density at radius 3 is 3.06 bits per heavy atom. The Bertz CT molecular complexity index is 464. The molecule has 0 bridgehead atoms. The smallest absolute Gasteiger partial charge is 0.0729 e. The van der Waals surface area contributed by atoms with E-state index in [2.05, 4.69) is 29.5 Å². The summed E-state index contributed by atoms with van der Waals surface area (Å²) in [5.74, 6) is 0. The van der Waals surface area contributed by atoms with E-state index in [0.717, 1.165) is 18.8 Å². The summed E-state index contributed by atoms with van der Waals surface area (Å²) in [6.07, 6.45) is 3.84. The highest BCUT2D eigenvalue weighted by molar-refractivity contribution is 7.11. The summed E-state index contributed by atoms with van der Waals surface area (Å²) in [6.45, 7) is 4.45. The molecule has 2 rings (SSSR count). The lowest BCUT2D eigenvalue weighted by atomic mass is 10.4. The molecular weight excluding hydrogens is 234 g/mol. The summed E-state index contributed by atoms with van der Waals surface area (Å²) in [4.78, 5) is 2.68. The maximum atomic E-state index is 5.01. The molecule has 0 aliphatic carbocycles. The molecule has 0 aliphatic heterocycles. The van der Waals surface area contributed by atoms with Gasteiger partial charge in [-0.15, -0.1) is 11.3 Å². The molecule has 0 saturated carbocycles. The maximum absolute atomic E-state index is 5.01. The molecule has 5 heteroatoms. The van der Waals surface area contributed by atoms with Crippen LogP contribution in [0.5, 0.6) is 0 Å². The zero-order valence-corrected chi connectivity index (χ0v) is 11.0. The van der Waals surface area contributed by atoms with Crippen LogP contribution in [0.4, 0.5) is 5.69 Å². The quantitative estimate of drug-likeness (QED) is 0.857. The number of rotatable bonds is 6. The van der Waals surface area contributed by atoms with E-state index in [1.165, 1.54) is 9.75 Å². The van der Waals surface area contributed by atoms with E-state index in [-0.39, 0.29) is 0 Å². The van der Waals surface area contributed by atoms with Crippen molar-refractivity contribution in [2.75, 3.05) is 19.0 Å². The highest BCUT2D eigenvalue weighted by Gasteiger charge is 2.00. The average molecular weight is 251 g/mol. The number of nitrogens with zero attached hydrogens (tertiary/aromatic N) is 2. The van der Waals surface area contributed by atoms with Gasteiger partial charge in [0.2, 0.25) is 0 Å². The number of thiophene rings is 1. The van der Waals surface area contributed by atoms with Crippen molar-refractivity contribution in [2.45, 2.75) is 20.0 Å². The van der Waals surface area contributed by atoms with Crippen LogP contribution in [0.25, 0.3) is 0 Å². The predicted molar refractivity (Wildman–Crippen MR) is 70.5 cm³/mol. The highest BCUT2D eigenvalue weighted by Crippen LogP contribution is 2.16. The minimum absolute atomic E-state index is 0.686. The van der Waals surface area contributed by atoms with Gasteiger partial charge in [-0.1, -0.05) is 0 Å². The van der Waals surface area contributed by atoms with Gasteiger partial charge in [-0.25, -0.2) is 0 Å². The summed E-state index contributed by atoms with van der Waals surface area (Å²) >= 11 is 1.82. The third-order valence-electron chi connectivity index (χ3n) is 2.42. The Morgan fingerprint density at radius 1 is 1.47 bits per heavy atom. The van der Waals surface area contributed by atoms with Crippen LogP contribution >= 0.6 is 11.3 Å². The number of nitrogens with one attached hydrogen (secondary N) is 1. The fourth-order valence-electron chi connectivity index (χ4n) is 1.53. The SMILES string of the molecule is COCCn1cc(NCc2ccc(C)s2)cn1. The zero-order chi connectivity index (χ0) is 12.1. The molecule has 0 fully saturated rings. The molecule has 0 amide bonds. The van der Waals surface area contributed by atoms with Crippen molar-refractivity contribution in [2.24, 2.45) is 0 Å². The number of methoxy groups -OCH3 is 1. The van der Waals surface area contributed by atoms with Gasteiger partial charge in [-0.3, -0.25) is 4.68 Å². The Balaban J connectivity index is 1.84.